The second-order valence-electron chi connectivity index (χ2n) is 6.33. The third kappa shape index (κ3) is 2.14. The lowest BCUT2D eigenvalue weighted by atomic mass is 9.89. The molecule has 120 valence electrons. The average Bonchev–Trinajstić information content (AvgIpc) is 3.28. The van der Waals surface area contributed by atoms with Crippen molar-refractivity contribution in [3.05, 3.63) is 54.6 Å². The Kier molecular flexibility index (Phi) is 3.01. The van der Waals surface area contributed by atoms with Crippen molar-refractivity contribution in [3.63, 3.8) is 0 Å². The van der Waals surface area contributed by atoms with Gasteiger partial charge in [-0.2, -0.15) is 0 Å². The summed E-state index contributed by atoms with van der Waals surface area (Å²) in [6, 6.07) is 8.27. The topological polar surface area (TPSA) is 62.1 Å². The Morgan fingerprint density at radius 2 is 1.96 bits per heavy atom. The summed E-state index contributed by atoms with van der Waals surface area (Å²) in [5, 5.41) is 5.92. The van der Waals surface area contributed by atoms with Crippen LogP contribution in [0.3, 0.4) is 0 Å². The fourth-order valence-corrected chi connectivity index (χ4v) is 3.71. The number of piperidine rings is 1. The van der Waals surface area contributed by atoms with Gasteiger partial charge < -0.3 is 9.88 Å². The Balaban J connectivity index is 1.37. The molecule has 0 unspecified atom stereocenters. The Labute approximate surface area is 139 Å². The highest BCUT2D eigenvalue weighted by atomic mass is 15.3. The summed E-state index contributed by atoms with van der Waals surface area (Å²) < 4.78 is 1.84. The molecule has 4 aromatic heterocycles. The van der Waals surface area contributed by atoms with Gasteiger partial charge in [-0.05, 0) is 48.6 Å². The third-order valence-corrected chi connectivity index (χ3v) is 4.98. The zero-order chi connectivity index (χ0) is 15.9. The van der Waals surface area contributed by atoms with Crippen molar-refractivity contribution in [3.8, 4) is 0 Å². The first-order valence-electron chi connectivity index (χ1n) is 8.36. The number of anilines is 1. The average molecular weight is 318 g/mol. The molecule has 0 atom stereocenters. The van der Waals surface area contributed by atoms with Gasteiger partial charge in [0.05, 0.1) is 0 Å². The van der Waals surface area contributed by atoms with E-state index in [1.807, 2.05) is 29.0 Å². The molecule has 1 saturated heterocycles. The Bertz CT molecular complexity index is 993. The number of aromatic nitrogens is 5. The SMILES string of the molecule is c1cnc2[nH]cc(C3CCN(c4ccc5nccn5n4)CC3)c2c1. The first-order chi connectivity index (χ1) is 11.9. The number of H-pyrrole nitrogens is 1. The maximum Gasteiger partial charge on any atom is 0.153 e. The molecule has 5 heterocycles. The lowest BCUT2D eigenvalue weighted by Gasteiger charge is -2.32. The van der Waals surface area contributed by atoms with Gasteiger partial charge in [0, 0.05) is 43.3 Å². The zero-order valence-corrected chi connectivity index (χ0v) is 13.3. The highest BCUT2D eigenvalue weighted by Crippen LogP contribution is 2.33. The maximum absolute atomic E-state index is 4.66. The highest BCUT2D eigenvalue weighted by Gasteiger charge is 2.23. The van der Waals surface area contributed by atoms with Crippen LogP contribution >= 0.6 is 0 Å². The predicted molar refractivity (Wildman–Crippen MR) is 93.3 cm³/mol. The minimum atomic E-state index is 0.580. The fraction of sp³-hybridized carbons (Fsp3) is 0.278. The smallest absolute Gasteiger partial charge is 0.153 e. The monoisotopic (exact) mass is 318 g/mol. The molecule has 0 bridgehead atoms. The van der Waals surface area contributed by atoms with E-state index in [1.165, 1.54) is 10.9 Å². The molecule has 24 heavy (non-hydrogen) atoms. The Morgan fingerprint density at radius 1 is 1.04 bits per heavy atom. The quantitative estimate of drug-likeness (QED) is 0.617. The lowest BCUT2D eigenvalue weighted by Crippen LogP contribution is -2.33. The molecule has 0 aromatic carbocycles. The Hall–Kier alpha value is -2.89. The van der Waals surface area contributed by atoms with Gasteiger partial charge in [-0.15, -0.1) is 5.10 Å². The summed E-state index contributed by atoms with van der Waals surface area (Å²) in [7, 11) is 0. The van der Waals surface area contributed by atoms with Crippen molar-refractivity contribution in [2.24, 2.45) is 0 Å². The highest BCUT2D eigenvalue weighted by molar-refractivity contribution is 5.80. The molecule has 1 fully saturated rings. The molecule has 0 radical (unpaired) electrons. The molecule has 1 N–H and O–H groups in total. The molecule has 4 aromatic rings. The van der Waals surface area contributed by atoms with Crippen LogP contribution in [0.15, 0.2) is 49.1 Å². The number of nitrogens with one attached hydrogen (secondary N) is 1. The van der Waals surface area contributed by atoms with E-state index in [4.69, 9.17) is 0 Å². The van der Waals surface area contributed by atoms with Crippen LogP contribution in [0.25, 0.3) is 16.7 Å². The van der Waals surface area contributed by atoms with Crippen LogP contribution in [0.5, 0.6) is 0 Å². The van der Waals surface area contributed by atoms with Gasteiger partial charge >= 0.3 is 0 Å². The van der Waals surface area contributed by atoms with E-state index in [0.717, 1.165) is 43.0 Å². The van der Waals surface area contributed by atoms with Crippen molar-refractivity contribution >= 4 is 22.5 Å². The van der Waals surface area contributed by atoms with Gasteiger partial charge in [-0.25, -0.2) is 14.5 Å². The molecule has 1 aliphatic rings. The normalized spacial score (nSPS) is 16.2. The van der Waals surface area contributed by atoms with Gasteiger partial charge in [-0.1, -0.05) is 0 Å². The molecule has 0 aliphatic carbocycles. The first kappa shape index (κ1) is 13.5. The second kappa shape index (κ2) is 5.33. The number of fused-ring (bicyclic) bond motifs is 2. The summed E-state index contributed by atoms with van der Waals surface area (Å²) in [6.07, 6.45) is 9.90. The van der Waals surface area contributed by atoms with Crippen LogP contribution in [0.4, 0.5) is 5.82 Å². The molecule has 0 saturated carbocycles. The molecular formula is C18H18N6. The summed E-state index contributed by atoms with van der Waals surface area (Å²) in [5.41, 5.74) is 3.28. The van der Waals surface area contributed by atoms with E-state index >= 15 is 0 Å². The minimum Gasteiger partial charge on any atom is -0.355 e. The number of pyridine rings is 1. The van der Waals surface area contributed by atoms with Crippen molar-refractivity contribution in [2.75, 3.05) is 18.0 Å². The molecule has 6 heteroatoms. The van der Waals surface area contributed by atoms with Crippen LogP contribution < -0.4 is 4.90 Å². The number of rotatable bonds is 2. The Morgan fingerprint density at radius 3 is 2.88 bits per heavy atom. The second-order valence-corrected chi connectivity index (χ2v) is 6.33. The van der Waals surface area contributed by atoms with E-state index in [0.29, 0.717) is 5.92 Å². The van der Waals surface area contributed by atoms with Gasteiger partial charge in [0.1, 0.15) is 11.5 Å². The van der Waals surface area contributed by atoms with Crippen LogP contribution in [0.2, 0.25) is 0 Å². The number of imidazole rings is 1. The molecule has 0 amide bonds. The van der Waals surface area contributed by atoms with Gasteiger partial charge in [0.25, 0.3) is 0 Å². The van der Waals surface area contributed by atoms with Crippen molar-refractivity contribution in [2.45, 2.75) is 18.8 Å². The zero-order valence-electron chi connectivity index (χ0n) is 13.3. The van der Waals surface area contributed by atoms with E-state index in [1.54, 1.807) is 6.20 Å². The largest absolute Gasteiger partial charge is 0.355 e. The van der Waals surface area contributed by atoms with Crippen molar-refractivity contribution in [1.29, 1.82) is 0 Å². The summed E-state index contributed by atoms with van der Waals surface area (Å²) in [6.45, 7) is 2.04. The van der Waals surface area contributed by atoms with E-state index in [9.17, 15) is 0 Å². The van der Waals surface area contributed by atoms with Crippen molar-refractivity contribution in [1.82, 2.24) is 24.6 Å². The summed E-state index contributed by atoms with van der Waals surface area (Å²) >= 11 is 0. The molecule has 5 rings (SSSR count). The van der Waals surface area contributed by atoms with E-state index < -0.39 is 0 Å². The van der Waals surface area contributed by atoms with Crippen LogP contribution in [0, 0.1) is 0 Å². The number of hydrogen-bond donors (Lipinski definition) is 1. The van der Waals surface area contributed by atoms with Crippen molar-refractivity contribution < 1.29 is 0 Å². The first-order valence-corrected chi connectivity index (χ1v) is 8.36. The minimum absolute atomic E-state index is 0.580. The molecule has 0 spiro atoms. The lowest BCUT2D eigenvalue weighted by molar-refractivity contribution is 0.503. The van der Waals surface area contributed by atoms with E-state index in [2.05, 4.69) is 43.3 Å². The third-order valence-electron chi connectivity index (χ3n) is 4.98. The van der Waals surface area contributed by atoms with Gasteiger partial charge in [-0.3, -0.25) is 0 Å². The standard InChI is InChI=1S/C18H18N6/c1-2-14-15(12-21-18(14)20-7-1)13-5-9-23(10-6-13)17-4-3-16-19-8-11-24(16)22-17/h1-4,7-8,11-13H,5-6,9-10H2,(H,20,21). The van der Waals surface area contributed by atoms with Crippen LogP contribution in [-0.4, -0.2) is 37.7 Å². The number of nitrogens with zero attached hydrogens (tertiary/aromatic N) is 5. The maximum atomic E-state index is 4.66. The number of hydrogen-bond acceptors (Lipinski definition) is 4. The summed E-state index contributed by atoms with van der Waals surface area (Å²) in [5.74, 6) is 1.61. The molecular weight excluding hydrogens is 300 g/mol. The fourth-order valence-electron chi connectivity index (χ4n) is 3.71. The van der Waals surface area contributed by atoms with Gasteiger partial charge in [0.15, 0.2) is 5.65 Å². The predicted octanol–water partition coefficient (Wildman–Crippen LogP) is 2.99. The van der Waals surface area contributed by atoms with E-state index in [-0.39, 0.29) is 0 Å². The van der Waals surface area contributed by atoms with Crippen LogP contribution in [-0.2, 0) is 0 Å². The van der Waals surface area contributed by atoms with Crippen LogP contribution in [0.1, 0.15) is 24.3 Å². The molecule has 1 aliphatic heterocycles. The molecule has 6 nitrogen and oxygen atoms in total. The van der Waals surface area contributed by atoms with Gasteiger partial charge in [0.2, 0.25) is 0 Å². The summed E-state index contributed by atoms with van der Waals surface area (Å²) in [4.78, 5) is 14.3. The number of aromatic amines is 1.